The summed E-state index contributed by atoms with van der Waals surface area (Å²) in [6.45, 7) is 4.07. The molecule has 0 radical (unpaired) electrons. The molecule has 0 atom stereocenters. The lowest BCUT2D eigenvalue weighted by atomic mass is 10.0. The Bertz CT molecular complexity index is 329. The predicted octanol–water partition coefficient (Wildman–Crippen LogP) is 3.14. The molecule has 0 spiro atoms. The summed E-state index contributed by atoms with van der Waals surface area (Å²) in [5, 5.41) is 0. The molecule has 0 aromatic heterocycles. The molecule has 0 aliphatic heterocycles. The van der Waals surface area contributed by atoms with Gasteiger partial charge in [-0.1, -0.05) is 23.8 Å². The molecule has 2 heteroatoms. The SMILES string of the molecule is Cc1cc(C)c(N)c(C=CCCl)c1. The van der Waals surface area contributed by atoms with Crippen molar-refractivity contribution in [2.75, 3.05) is 11.6 Å². The highest BCUT2D eigenvalue weighted by Crippen LogP contribution is 2.20. The Morgan fingerprint density at radius 1 is 1.38 bits per heavy atom. The third kappa shape index (κ3) is 2.49. The van der Waals surface area contributed by atoms with Gasteiger partial charge in [-0.2, -0.15) is 0 Å². The number of alkyl halides is 1. The quantitative estimate of drug-likeness (QED) is 0.570. The van der Waals surface area contributed by atoms with Crippen molar-refractivity contribution in [3.05, 3.63) is 34.9 Å². The van der Waals surface area contributed by atoms with Gasteiger partial charge in [0.15, 0.2) is 0 Å². The highest BCUT2D eigenvalue weighted by molar-refractivity contribution is 6.19. The van der Waals surface area contributed by atoms with Gasteiger partial charge in [-0.25, -0.2) is 0 Å². The minimum absolute atomic E-state index is 0.520. The van der Waals surface area contributed by atoms with E-state index in [1.54, 1.807) is 0 Å². The van der Waals surface area contributed by atoms with Crippen LogP contribution in [0.5, 0.6) is 0 Å². The van der Waals surface area contributed by atoms with E-state index >= 15 is 0 Å². The van der Waals surface area contributed by atoms with Gasteiger partial charge in [-0.3, -0.25) is 0 Å². The molecule has 0 heterocycles. The van der Waals surface area contributed by atoms with Crippen LogP contribution in [0.4, 0.5) is 5.69 Å². The second kappa shape index (κ2) is 4.33. The lowest BCUT2D eigenvalue weighted by molar-refractivity contribution is 1.37. The van der Waals surface area contributed by atoms with E-state index in [0.717, 1.165) is 16.8 Å². The number of rotatable bonds is 2. The normalized spacial score (nSPS) is 11.0. The molecule has 0 amide bonds. The van der Waals surface area contributed by atoms with Gasteiger partial charge in [-0.15, -0.1) is 11.6 Å². The Morgan fingerprint density at radius 3 is 2.69 bits per heavy atom. The fourth-order valence-corrected chi connectivity index (χ4v) is 1.41. The van der Waals surface area contributed by atoms with Crippen LogP contribution in [0, 0.1) is 13.8 Å². The van der Waals surface area contributed by atoms with Crippen LogP contribution in [0.25, 0.3) is 6.08 Å². The van der Waals surface area contributed by atoms with E-state index in [-0.39, 0.29) is 0 Å². The Balaban J connectivity index is 3.12. The molecule has 0 unspecified atom stereocenters. The van der Waals surface area contributed by atoms with Crippen molar-refractivity contribution in [2.24, 2.45) is 0 Å². The number of nitrogens with two attached hydrogens (primary N) is 1. The third-order valence-electron chi connectivity index (χ3n) is 1.95. The largest absolute Gasteiger partial charge is 0.398 e. The zero-order valence-electron chi connectivity index (χ0n) is 7.97. The number of allylic oxidation sites excluding steroid dienone is 1. The zero-order chi connectivity index (χ0) is 9.84. The summed E-state index contributed by atoms with van der Waals surface area (Å²) in [5.74, 6) is 0.520. The van der Waals surface area contributed by atoms with Crippen molar-refractivity contribution < 1.29 is 0 Å². The Hall–Kier alpha value is -0.950. The highest BCUT2D eigenvalue weighted by atomic mass is 35.5. The maximum Gasteiger partial charge on any atom is 0.0417 e. The van der Waals surface area contributed by atoms with E-state index < -0.39 is 0 Å². The van der Waals surface area contributed by atoms with Crippen LogP contribution in [0.2, 0.25) is 0 Å². The summed E-state index contributed by atoms with van der Waals surface area (Å²) in [4.78, 5) is 0. The molecular weight excluding hydrogens is 182 g/mol. The first-order valence-corrected chi connectivity index (χ1v) is 4.78. The highest BCUT2D eigenvalue weighted by Gasteiger charge is 1.99. The second-order valence-electron chi connectivity index (χ2n) is 3.14. The van der Waals surface area contributed by atoms with E-state index in [2.05, 4.69) is 19.1 Å². The Morgan fingerprint density at radius 2 is 2.08 bits per heavy atom. The number of halogens is 1. The maximum absolute atomic E-state index is 5.90. The van der Waals surface area contributed by atoms with Gasteiger partial charge in [0.25, 0.3) is 0 Å². The molecule has 1 rings (SSSR count). The van der Waals surface area contributed by atoms with Gasteiger partial charge in [-0.05, 0) is 31.0 Å². The zero-order valence-corrected chi connectivity index (χ0v) is 8.73. The molecule has 1 aromatic rings. The number of benzene rings is 1. The molecule has 70 valence electrons. The summed E-state index contributed by atoms with van der Waals surface area (Å²) in [6.07, 6.45) is 3.86. The summed E-state index contributed by atoms with van der Waals surface area (Å²) in [6, 6.07) is 4.14. The van der Waals surface area contributed by atoms with Crippen molar-refractivity contribution in [1.29, 1.82) is 0 Å². The molecule has 1 nitrogen and oxygen atoms in total. The van der Waals surface area contributed by atoms with Crippen molar-refractivity contribution in [3.63, 3.8) is 0 Å². The average Bonchev–Trinajstić information content (AvgIpc) is 2.09. The van der Waals surface area contributed by atoms with Crippen molar-refractivity contribution >= 4 is 23.4 Å². The first-order valence-electron chi connectivity index (χ1n) is 4.24. The monoisotopic (exact) mass is 195 g/mol. The topological polar surface area (TPSA) is 26.0 Å². The summed E-state index contributed by atoms with van der Waals surface area (Å²) >= 11 is 5.56. The number of anilines is 1. The molecule has 0 saturated carbocycles. The van der Waals surface area contributed by atoms with Gasteiger partial charge in [0.2, 0.25) is 0 Å². The summed E-state index contributed by atoms with van der Waals surface area (Å²) in [5.41, 5.74) is 10.1. The molecule has 2 N–H and O–H groups in total. The lowest BCUT2D eigenvalue weighted by Gasteiger charge is -2.06. The van der Waals surface area contributed by atoms with Gasteiger partial charge in [0.05, 0.1) is 0 Å². The Labute approximate surface area is 84.2 Å². The second-order valence-corrected chi connectivity index (χ2v) is 3.45. The Kier molecular flexibility index (Phi) is 3.38. The average molecular weight is 196 g/mol. The van der Waals surface area contributed by atoms with Crippen LogP contribution in [0.15, 0.2) is 18.2 Å². The van der Waals surface area contributed by atoms with Gasteiger partial charge < -0.3 is 5.73 Å². The fraction of sp³-hybridized carbons (Fsp3) is 0.273. The third-order valence-corrected chi connectivity index (χ3v) is 2.13. The molecule has 1 aromatic carbocycles. The number of hydrogen-bond donors (Lipinski definition) is 1. The van der Waals surface area contributed by atoms with E-state index in [1.807, 2.05) is 19.1 Å². The smallest absolute Gasteiger partial charge is 0.0417 e. The summed E-state index contributed by atoms with van der Waals surface area (Å²) < 4.78 is 0. The van der Waals surface area contributed by atoms with Crippen molar-refractivity contribution in [2.45, 2.75) is 13.8 Å². The van der Waals surface area contributed by atoms with Crippen LogP contribution in [-0.4, -0.2) is 5.88 Å². The molecule has 0 fully saturated rings. The van der Waals surface area contributed by atoms with Crippen molar-refractivity contribution in [3.8, 4) is 0 Å². The molecule has 0 saturated heterocycles. The van der Waals surface area contributed by atoms with E-state index in [1.165, 1.54) is 5.56 Å². The maximum atomic E-state index is 5.90. The minimum Gasteiger partial charge on any atom is -0.398 e. The van der Waals surface area contributed by atoms with Crippen LogP contribution < -0.4 is 5.73 Å². The predicted molar refractivity (Wildman–Crippen MR) is 60.1 cm³/mol. The number of aryl methyl sites for hydroxylation is 2. The lowest BCUT2D eigenvalue weighted by Crippen LogP contribution is -1.94. The molecule has 0 aliphatic carbocycles. The van der Waals surface area contributed by atoms with Crippen molar-refractivity contribution in [1.82, 2.24) is 0 Å². The van der Waals surface area contributed by atoms with E-state index in [0.29, 0.717) is 5.88 Å². The van der Waals surface area contributed by atoms with Gasteiger partial charge in [0.1, 0.15) is 0 Å². The minimum atomic E-state index is 0.520. The van der Waals surface area contributed by atoms with Crippen LogP contribution >= 0.6 is 11.6 Å². The van der Waals surface area contributed by atoms with E-state index in [4.69, 9.17) is 17.3 Å². The number of hydrogen-bond acceptors (Lipinski definition) is 1. The summed E-state index contributed by atoms with van der Waals surface area (Å²) in [7, 11) is 0. The number of nitrogen functional groups attached to an aromatic ring is 1. The standard InChI is InChI=1S/C11H14ClN/c1-8-6-9(2)11(13)10(7-8)4-3-5-12/h3-4,6-7H,5,13H2,1-2H3. The molecule has 0 aliphatic rings. The molecular formula is C11H14ClN. The first kappa shape index (κ1) is 10.1. The van der Waals surface area contributed by atoms with Gasteiger partial charge >= 0.3 is 0 Å². The molecule has 13 heavy (non-hydrogen) atoms. The van der Waals surface area contributed by atoms with Crippen LogP contribution in [0.1, 0.15) is 16.7 Å². The van der Waals surface area contributed by atoms with Gasteiger partial charge in [0, 0.05) is 11.6 Å². The fourth-order valence-electron chi connectivity index (χ4n) is 1.32. The van der Waals surface area contributed by atoms with Crippen LogP contribution in [0.3, 0.4) is 0 Å². The van der Waals surface area contributed by atoms with E-state index in [9.17, 15) is 0 Å². The first-order chi connectivity index (χ1) is 6.15. The molecule has 0 bridgehead atoms. The van der Waals surface area contributed by atoms with Crippen LogP contribution in [-0.2, 0) is 0 Å².